The fourth-order valence-electron chi connectivity index (χ4n) is 2.33. The van der Waals surface area contributed by atoms with Crippen molar-refractivity contribution < 1.29 is 14.3 Å². The van der Waals surface area contributed by atoms with E-state index in [9.17, 15) is 4.79 Å². The summed E-state index contributed by atoms with van der Waals surface area (Å²) in [5.74, 6) is 1.69. The van der Waals surface area contributed by atoms with E-state index in [1.54, 1.807) is 0 Å². The lowest BCUT2D eigenvalue weighted by Gasteiger charge is -2.26. The second-order valence-corrected chi connectivity index (χ2v) is 6.86. The third kappa shape index (κ3) is 3.47. The maximum absolute atomic E-state index is 12.4. The van der Waals surface area contributed by atoms with Crippen LogP contribution in [0, 0.1) is 6.92 Å². The molecule has 2 aromatic rings. The van der Waals surface area contributed by atoms with Crippen molar-refractivity contribution in [3.63, 3.8) is 0 Å². The number of aromatic nitrogens is 1. The van der Waals surface area contributed by atoms with Crippen LogP contribution in [0.2, 0.25) is 0 Å². The molecule has 23 heavy (non-hydrogen) atoms. The van der Waals surface area contributed by atoms with Gasteiger partial charge in [-0.05, 0) is 19.1 Å². The van der Waals surface area contributed by atoms with E-state index in [0.29, 0.717) is 29.7 Å². The summed E-state index contributed by atoms with van der Waals surface area (Å²) in [4.78, 5) is 17.5. The SMILES string of the molecule is Cc1nc(C(C)C)sc1C(=O)NC[C@H]1COc2ccccc2O1. The summed E-state index contributed by atoms with van der Waals surface area (Å²) in [5.41, 5.74) is 0.780. The molecule has 6 heteroatoms. The zero-order valence-electron chi connectivity index (χ0n) is 13.5. The highest BCUT2D eigenvalue weighted by atomic mass is 32.1. The van der Waals surface area contributed by atoms with E-state index in [4.69, 9.17) is 9.47 Å². The van der Waals surface area contributed by atoms with Gasteiger partial charge in [0.05, 0.1) is 17.2 Å². The molecule has 0 fully saturated rings. The van der Waals surface area contributed by atoms with Gasteiger partial charge in [-0.1, -0.05) is 26.0 Å². The van der Waals surface area contributed by atoms with Crippen LogP contribution >= 0.6 is 11.3 Å². The Hall–Kier alpha value is -2.08. The van der Waals surface area contributed by atoms with Crippen molar-refractivity contribution in [1.82, 2.24) is 10.3 Å². The Bertz CT molecular complexity index is 712. The van der Waals surface area contributed by atoms with Crippen LogP contribution in [0.25, 0.3) is 0 Å². The fraction of sp³-hybridized carbons (Fsp3) is 0.412. The number of carbonyl (C=O) groups is 1. The molecular weight excluding hydrogens is 312 g/mol. The molecule has 122 valence electrons. The van der Waals surface area contributed by atoms with E-state index < -0.39 is 0 Å². The predicted molar refractivity (Wildman–Crippen MR) is 89.6 cm³/mol. The molecule has 5 nitrogen and oxygen atoms in total. The largest absolute Gasteiger partial charge is 0.486 e. The molecule has 2 heterocycles. The summed E-state index contributed by atoms with van der Waals surface area (Å²) >= 11 is 1.46. The molecule has 1 aromatic carbocycles. The maximum Gasteiger partial charge on any atom is 0.263 e. The van der Waals surface area contributed by atoms with E-state index in [2.05, 4.69) is 24.1 Å². The van der Waals surface area contributed by atoms with Crippen LogP contribution in [0.3, 0.4) is 0 Å². The standard InChI is InChI=1S/C17H20N2O3S/c1-10(2)17-19-11(3)15(23-17)16(20)18-8-12-9-21-13-6-4-5-7-14(13)22-12/h4-7,10,12H,8-9H2,1-3H3,(H,18,20)/t12-/m0/s1. The van der Waals surface area contributed by atoms with Crippen molar-refractivity contribution in [1.29, 1.82) is 0 Å². The lowest BCUT2D eigenvalue weighted by molar-refractivity contribution is 0.0791. The Morgan fingerprint density at radius 2 is 2.13 bits per heavy atom. The number of nitrogens with zero attached hydrogens (tertiary/aromatic N) is 1. The van der Waals surface area contributed by atoms with Crippen LogP contribution in [0.15, 0.2) is 24.3 Å². The molecule has 0 radical (unpaired) electrons. The zero-order chi connectivity index (χ0) is 16.4. The molecular formula is C17H20N2O3S. The van der Waals surface area contributed by atoms with E-state index in [1.807, 2.05) is 31.2 Å². The lowest BCUT2D eigenvalue weighted by Crippen LogP contribution is -2.40. The van der Waals surface area contributed by atoms with Crippen molar-refractivity contribution in [2.45, 2.75) is 32.8 Å². The highest BCUT2D eigenvalue weighted by molar-refractivity contribution is 7.13. The molecule has 0 aliphatic carbocycles. The number of aryl methyl sites for hydroxylation is 1. The van der Waals surface area contributed by atoms with Crippen LogP contribution in [0.5, 0.6) is 11.5 Å². The van der Waals surface area contributed by atoms with Gasteiger partial charge in [0.25, 0.3) is 5.91 Å². The van der Waals surface area contributed by atoms with Crippen LogP contribution in [-0.2, 0) is 0 Å². The minimum atomic E-state index is -0.188. The number of rotatable bonds is 4. The van der Waals surface area contributed by atoms with E-state index in [0.717, 1.165) is 16.5 Å². The van der Waals surface area contributed by atoms with Crippen LogP contribution < -0.4 is 14.8 Å². The number of para-hydroxylation sites is 2. The van der Waals surface area contributed by atoms with Gasteiger partial charge >= 0.3 is 0 Å². The topological polar surface area (TPSA) is 60.5 Å². The quantitative estimate of drug-likeness (QED) is 0.934. The van der Waals surface area contributed by atoms with Crippen LogP contribution in [0.4, 0.5) is 0 Å². The Kier molecular flexibility index (Phi) is 4.52. The number of ether oxygens (including phenoxy) is 2. The Labute approximate surface area is 139 Å². The Balaban J connectivity index is 1.60. The molecule has 1 N–H and O–H groups in total. The number of amides is 1. The predicted octanol–water partition coefficient (Wildman–Crippen LogP) is 3.14. The first-order chi connectivity index (χ1) is 11.0. The minimum Gasteiger partial charge on any atom is -0.486 e. The molecule has 1 aromatic heterocycles. The molecule has 0 saturated carbocycles. The van der Waals surface area contributed by atoms with Gasteiger partial charge in [0, 0.05) is 5.92 Å². The molecule has 1 atom stereocenters. The molecule has 0 saturated heterocycles. The minimum absolute atomic E-state index is 0.102. The summed E-state index contributed by atoms with van der Waals surface area (Å²) in [5, 5.41) is 3.90. The molecule has 0 unspecified atom stereocenters. The maximum atomic E-state index is 12.4. The molecule has 1 amide bonds. The summed E-state index contributed by atoms with van der Waals surface area (Å²) in [6.07, 6.45) is -0.188. The van der Waals surface area contributed by atoms with Gasteiger partial charge in [0.15, 0.2) is 11.5 Å². The van der Waals surface area contributed by atoms with Gasteiger partial charge in [-0.25, -0.2) is 4.98 Å². The third-order valence-corrected chi connectivity index (χ3v) is 5.03. The zero-order valence-corrected chi connectivity index (χ0v) is 14.3. The van der Waals surface area contributed by atoms with Crippen molar-refractivity contribution in [2.24, 2.45) is 0 Å². The third-order valence-electron chi connectivity index (χ3n) is 3.57. The monoisotopic (exact) mass is 332 g/mol. The second kappa shape index (κ2) is 6.58. The van der Waals surface area contributed by atoms with Gasteiger partial charge in [-0.15, -0.1) is 11.3 Å². The number of hydrogen-bond acceptors (Lipinski definition) is 5. The van der Waals surface area contributed by atoms with Crippen LogP contribution in [-0.4, -0.2) is 30.1 Å². The number of thiazole rings is 1. The molecule has 1 aliphatic rings. The van der Waals surface area contributed by atoms with E-state index in [-0.39, 0.29) is 12.0 Å². The number of carbonyl (C=O) groups excluding carboxylic acids is 1. The number of hydrogen-bond donors (Lipinski definition) is 1. The van der Waals surface area contributed by atoms with Crippen molar-refractivity contribution in [3.8, 4) is 11.5 Å². The summed E-state index contributed by atoms with van der Waals surface area (Å²) in [6, 6.07) is 7.55. The first-order valence-corrected chi connectivity index (χ1v) is 8.50. The average Bonchev–Trinajstić information content (AvgIpc) is 2.94. The Morgan fingerprint density at radius 3 is 2.83 bits per heavy atom. The van der Waals surface area contributed by atoms with Gasteiger partial charge in [-0.2, -0.15) is 0 Å². The number of nitrogens with one attached hydrogen (secondary N) is 1. The fourth-order valence-corrected chi connectivity index (χ4v) is 3.31. The Morgan fingerprint density at radius 1 is 1.39 bits per heavy atom. The molecule has 0 bridgehead atoms. The van der Waals surface area contributed by atoms with Crippen molar-refractivity contribution in [3.05, 3.63) is 39.8 Å². The highest BCUT2D eigenvalue weighted by Crippen LogP contribution is 2.30. The smallest absolute Gasteiger partial charge is 0.263 e. The van der Waals surface area contributed by atoms with Gasteiger partial charge < -0.3 is 14.8 Å². The van der Waals surface area contributed by atoms with Crippen LogP contribution in [0.1, 0.15) is 40.1 Å². The highest BCUT2D eigenvalue weighted by Gasteiger charge is 2.22. The second-order valence-electron chi connectivity index (χ2n) is 5.83. The van der Waals surface area contributed by atoms with Gasteiger partial charge in [-0.3, -0.25) is 4.79 Å². The van der Waals surface area contributed by atoms with Crippen molar-refractivity contribution in [2.75, 3.05) is 13.2 Å². The first-order valence-electron chi connectivity index (χ1n) is 7.68. The number of fused-ring (bicyclic) bond motifs is 1. The lowest BCUT2D eigenvalue weighted by atomic mass is 10.2. The van der Waals surface area contributed by atoms with Gasteiger partial charge in [0.1, 0.15) is 17.6 Å². The van der Waals surface area contributed by atoms with E-state index >= 15 is 0 Å². The van der Waals surface area contributed by atoms with Gasteiger partial charge in [0.2, 0.25) is 0 Å². The molecule has 1 aliphatic heterocycles. The summed E-state index contributed by atoms with van der Waals surface area (Å²) < 4.78 is 11.5. The van der Waals surface area contributed by atoms with Crippen molar-refractivity contribution >= 4 is 17.2 Å². The molecule has 3 rings (SSSR count). The normalized spacial score (nSPS) is 16.4. The number of benzene rings is 1. The molecule has 0 spiro atoms. The summed E-state index contributed by atoms with van der Waals surface area (Å²) in [7, 11) is 0. The van der Waals surface area contributed by atoms with E-state index in [1.165, 1.54) is 11.3 Å². The average molecular weight is 332 g/mol. The summed E-state index contributed by atoms with van der Waals surface area (Å²) in [6.45, 7) is 6.85. The first kappa shape index (κ1) is 15.8.